The van der Waals surface area contributed by atoms with E-state index in [4.69, 9.17) is 5.84 Å². The van der Waals surface area contributed by atoms with Crippen molar-refractivity contribution in [2.75, 3.05) is 0 Å². The Balaban J connectivity index is 4.44. The quantitative estimate of drug-likeness (QED) is 0.0422. The van der Waals surface area contributed by atoms with Gasteiger partial charge in [0.25, 0.3) is 0 Å². The van der Waals surface area contributed by atoms with Crippen LogP contribution in [0.25, 0.3) is 0 Å². The molecule has 1 amide bonds. The van der Waals surface area contributed by atoms with Crippen LogP contribution in [0, 0.1) is 5.92 Å². The molecule has 0 saturated heterocycles. The van der Waals surface area contributed by atoms with E-state index >= 15 is 0 Å². The topological polar surface area (TPSA) is 55.1 Å². The first-order valence-electron chi connectivity index (χ1n) is 14.2. The maximum atomic E-state index is 11.7. The van der Waals surface area contributed by atoms with Crippen molar-refractivity contribution in [1.29, 1.82) is 0 Å². The monoisotopic (exact) mass is 546 g/mol. The summed E-state index contributed by atoms with van der Waals surface area (Å²) < 4.78 is 4.84. The standard InChI is InChI=1S/C11H23N2O.2C8H17.Sn.H/c1-3-5-6-7-10(4-2)8-9-11(14)13-12;2*1-3-5-7-8-6-4-2;;/h10H,2-9,12H2,1H3,(H,13,14);2*1,3-8H2,2H3;;. The molecule has 0 aromatic heterocycles. The van der Waals surface area contributed by atoms with Crippen molar-refractivity contribution in [2.45, 2.75) is 156 Å². The Morgan fingerprint density at radius 2 is 1.13 bits per heavy atom. The molecule has 0 saturated carbocycles. The molecule has 0 bridgehead atoms. The van der Waals surface area contributed by atoms with Crippen molar-refractivity contribution >= 4 is 25.7 Å². The second kappa shape index (κ2) is 24.9. The molecule has 0 radical (unpaired) electrons. The van der Waals surface area contributed by atoms with Gasteiger partial charge in [-0.15, -0.1) is 0 Å². The van der Waals surface area contributed by atoms with Crippen molar-refractivity contribution in [2.24, 2.45) is 11.8 Å². The van der Waals surface area contributed by atoms with Gasteiger partial charge in [-0.25, -0.2) is 0 Å². The third-order valence-corrected chi connectivity index (χ3v) is 17.3. The summed E-state index contributed by atoms with van der Waals surface area (Å²) in [4.78, 5) is 11.7. The molecule has 3 nitrogen and oxygen atoms in total. The van der Waals surface area contributed by atoms with Gasteiger partial charge in [-0.1, -0.05) is 0 Å². The van der Waals surface area contributed by atoms with E-state index in [-0.39, 0.29) is 5.91 Å². The van der Waals surface area contributed by atoms with Gasteiger partial charge >= 0.3 is 204 Å². The molecule has 0 heterocycles. The van der Waals surface area contributed by atoms with Crippen LogP contribution in [0.15, 0.2) is 0 Å². The number of amides is 1. The van der Waals surface area contributed by atoms with E-state index in [1.807, 2.05) is 0 Å². The predicted molar refractivity (Wildman–Crippen MR) is 142 cm³/mol. The SMILES string of the molecule is CCCCCCC[CH2][SnH]([CH2]CCCCCCC)[CH2]CC(CCCCC)CCC(=O)NN. The fourth-order valence-corrected chi connectivity index (χ4v) is 15.0. The average molecular weight is 545 g/mol. The van der Waals surface area contributed by atoms with Crippen molar-refractivity contribution < 1.29 is 4.79 Å². The van der Waals surface area contributed by atoms with E-state index in [2.05, 4.69) is 26.2 Å². The van der Waals surface area contributed by atoms with Crippen LogP contribution in [0.2, 0.25) is 13.3 Å². The molecule has 0 rings (SSSR count). The number of nitrogens with one attached hydrogen (secondary N) is 1. The number of unbranched alkanes of at least 4 members (excludes halogenated alkanes) is 12. The van der Waals surface area contributed by atoms with Crippen LogP contribution in [0.5, 0.6) is 0 Å². The summed E-state index contributed by atoms with van der Waals surface area (Å²) in [7, 11) is 0. The summed E-state index contributed by atoms with van der Waals surface area (Å²) >= 11 is -1.41. The molecular weight excluding hydrogens is 487 g/mol. The van der Waals surface area contributed by atoms with Crippen LogP contribution >= 0.6 is 0 Å². The Hall–Kier alpha value is 0.229. The molecule has 0 aromatic carbocycles. The first-order chi connectivity index (χ1) is 15.2. The van der Waals surface area contributed by atoms with Gasteiger partial charge in [-0.2, -0.15) is 0 Å². The van der Waals surface area contributed by atoms with Gasteiger partial charge < -0.3 is 0 Å². The van der Waals surface area contributed by atoms with E-state index in [0.29, 0.717) is 6.42 Å². The Labute approximate surface area is 203 Å². The van der Waals surface area contributed by atoms with Crippen LogP contribution in [0.4, 0.5) is 0 Å². The molecule has 31 heavy (non-hydrogen) atoms. The van der Waals surface area contributed by atoms with E-state index in [1.54, 1.807) is 13.3 Å². The van der Waals surface area contributed by atoms with Gasteiger partial charge in [0.1, 0.15) is 0 Å². The molecule has 0 fully saturated rings. The van der Waals surface area contributed by atoms with Gasteiger partial charge in [0.2, 0.25) is 0 Å². The van der Waals surface area contributed by atoms with Crippen LogP contribution in [-0.4, -0.2) is 25.7 Å². The number of carbonyl (C=O) groups excluding carboxylic acids is 1. The fraction of sp³-hybridized carbons (Fsp3) is 0.963. The Bertz CT molecular complexity index is 362. The van der Waals surface area contributed by atoms with E-state index in [0.717, 1.165) is 12.3 Å². The zero-order valence-corrected chi connectivity index (χ0v) is 25.0. The Morgan fingerprint density at radius 3 is 1.65 bits per heavy atom. The molecule has 0 aromatic rings. The van der Waals surface area contributed by atoms with Crippen LogP contribution in [0.1, 0.15) is 143 Å². The molecule has 1 atom stereocenters. The minimum absolute atomic E-state index is 0.0136. The minimum atomic E-state index is -1.41. The van der Waals surface area contributed by atoms with Crippen molar-refractivity contribution in [3.05, 3.63) is 0 Å². The number of hydrazine groups is 1. The Morgan fingerprint density at radius 1 is 0.645 bits per heavy atom. The second-order valence-corrected chi connectivity index (χ2v) is 19.9. The third kappa shape index (κ3) is 21.8. The average Bonchev–Trinajstić information content (AvgIpc) is 2.78. The first-order valence-corrected chi connectivity index (χ1v) is 21.2. The Kier molecular flexibility index (Phi) is 25.0. The maximum absolute atomic E-state index is 11.7. The number of hydrogen-bond acceptors (Lipinski definition) is 2. The third-order valence-electron chi connectivity index (χ3n) is 7.07. The van der Waals surface area contributed by atoms with Crippen LogP contribution in [-0.2, 0) is 4.79 Å². The van der Waals surface area contributed by atoms with E-state index in [9.17, 15) is 4.79 Å². The fourth-order valence-electron chi connectivity index (χ4n) is 4.85. The van der Waals surface area contributed by atoms with Crippen molar-refractivity contribution in [3.8, 4) is 0 Å². The molecule has 4 heteroatoms. The summed E-state index contributed by atoms with van der Waals surface area (Å²) in [6, 6.07) is 0. The molecule has 0 aliphatic heterocycles. The first kappa shape index (κ1) is 31.2. The van der Waals surface area contributed by atoms with E-state index in [1.165, 1.54) is 109 Å². The number of carbonyl (C=O) groups is 1. The number of hydrogen-bond donors (Lipinski definition) is 2. The molecule has 3 N–H and O–H groups in total. The summed E-state index contributed by atoms with van der Waals surface area (Å²) in [5.74, 6) is 6.07. The van der Waals surface area contributed by atoms with Crippen molar-refractivity contribution in [1.82, 2.24) is 5.43 Å². The van der Waals surface area contributed by atoms with Crippen molar-refractivity contribution in [3.63, 3.8) is 0 Å². The summed E-state index contributed by atoms with van der Waals surface area (Å²) in [5.41, 5.74) is 2.32. The van der Waals surface area contributed by atoms with Gasteiger partial charge in [0.15, 0.2) is 0 Å². The zero-order valence-electron chi connectivity index (χ0n) is 21.7. The normalized spacial score (nSPS) is 12.4. The molecule has 0 aliphatic rings. The molecule has 0 aliphatic carbocycles. The molecule has 1 unspecified atom stereocenters. The predicted octanol–water partition coefficient (Wildman–Crippen LogP) is 8.29. The van der Waals surface area contributed by atoms with Gasteiger partial charge in [-0.05, 0) is 0 Å². The number of nitrogens with two attached hydrogens (primary N) is 1. The zero-order chi connectivity index (χ0) is 23.0. The summed E-state index contributed by atoms with van der Waals surface area (Å²) in [6.45, 7) is 6.90. The van der Waals surface area contributed by atoms with E-state index < -0.39 is 19.8 Å². The van der Waals surface area contributed by atoms with Gasteiger partial charge in [0, 0.05) is 0 Å². The van der Waals surface area contributed by atoms with Crippen LogP contribution < -0.4 is 11.3 Å². The van der Waals surface area contributed by atoms with Gasteiger partial charge in [-0.3, -0.25) is 0 Å². The number of rotatable bonds is 24. The summed E-state index contributed by atoms with van der Waals surface area (Å²) in [5, 5.41) is 0. The molecule has 0 spiro atoms. The molecular formula is C27H58N2OSn. The molecule has 186 valence electrons. The second-order valence-electron chi connectivity index (χ2n) is 10.0. The van der Waals surface area contributed by atoms with Crippen LogP contribution in [0.3, 0.4) is 0 Å². The summed E-state index contributed by atoms with van der Waals surface area (Å²) in [6.07, 6.45) is 25.6. The van der Waals surface area contributed by atoms with Gasteiger partial charge in [0.05, 0.1) is 0 Å².